The Bertz CT molecular complexity index is 1260. The topological polar surface area (TPSA) is 149 Å². The fraction of sp³-hybridized carbons (Fsp3) is 0.393. The summed E-state index contributed by atoms with van der Waals surface area (Å²) in [5.41, 5.74) is 4.61. The SMILES string of the molecule is CCOc1cc([C@H]2NC(=O)NC(C)=C2C(=O)OC)ccc1OC[C@@H](O)N/N=C\c1ccc(OC(C)C)c(OC)c1. The predicted molar refractivity (Wildman–Crippen MR) is 148 cm³/mol. The highest BCUT2D eigenvalue weighted by molar-refractivity contribution is 5.95. The van der Waals surface area contributed by atoms with Gasteiger partial charge in [-0.1, -0.05) is 6.07 Å². The highest BCUT2D eigenvalue weighted by Crippen LogP contribution is 2.35. The highest BCUT2D eigenvalue weighted by Gasteiger charge is 2.32. The number of aliphatic hydroxyl groups excluding tert-OH is 1. The summed E-state index contributed by atoms with van der Waals surface area (Å²) in [4.78, 5) is 24.5. The van der Waals surface area contributed by atoms with Gasteiger partial charge in [-0.2, -0.15) is 5.10 Å². The van der Waals surface area contributed by atoms with E-state index in [0.717, 1.165) is 5.56 Å². The zero-order chi connectivity index (χ0) is 29.2. The Morgan fingerprint density at radius 3 is 2.52 bits per heavy atom. The lowest BCUT2D eigenvalue weighted by atomic mass is 9.95. The van der Waals surface area contributed by atoms with Gasteiger partial charge < -0.3 is 39.4 Å². The number of carbonyl (C=O) groups is 2. The molecule has 0 aliphatic carbocycles. The molecule has 0 fully saturated rings. The molecule has 0 saturated heterocycles. The highest BCUT2D eigenvalue weighted by atomic mass is 16.5. The summed E-state index contributed by atoms with van der Waals surface area (Å²) in [6.45, 7) is 7.50. The van der Waals surface area contributed by atoms with Crippen LogP contribution < -0.4 is 35.0 Å². The van der Waals surface area contributed by atoms with Crippen LogP contribution in [0.1, 0.15) is 44.9 Å². The monoisotopic (exact) mass is 556 g/mol. The molecular weight excluding hydrogens is 520 g/mol. The van der Waals surface area contributed by atoms with Crippen molar-refractivity contribution in [2.24, 2.45) is 5.10 Å². The Hall–Kier alpha value is -4.45. The van der Waals surface area contributed by atoms with E-state index in [0.29, 0.717) is 40.9 Å². The van der Waals surface area contributed by atoms with Gasteiger partial charge in [0.25, 0.3) is 0 Å². The van der Waals surface area contributed by atoms with Crippen molar-refractivity contribution in [2.75, 3.05) is 27.4 Å². The molecule has 1 aliphatic rings. The van der Waals surface area contributed by atoms with Crippen molar-refractivity contribution >= 4 is 18.2 Å². The number of carbonyl (C=O) groups excluding carboxylic acids is 2. The number of rotatable bonds is 13. The van der Waals surface area contributed by atoms with E-state index in [1.807, 2.05) is 26.8 Å². The van der Waals surface area contributed by atoms with Gasteiger partial charge in [-0.25, -0.2) is 9.59 Å². The Kier molecular flexibility index (Phi) is 10.6. The molecule has 4 N–H and O–H groups in total. The van der Waals surface area contributed by atoms with Gasteiger partial charge in [0, 0.05) is 5.70 Å². The van der Waals surface area contributed by atoms with Crippen LogP contribution in [0.15, 0.2) is 52.8 Å². The van der Waals surface area contributed by atoms with E-state index >= 15 is 0 Å². The van der Waals surface area contributed by atoms with Crippen molar-refractivity contribution in [3.63, 3.8) is 0 Å². The second-order valence-electron chi connectivity index (χ2n) is 8.99. The Morgan fingerprint density at radius 2 is 1.85 bits per heavy atom. The van der Waals surface area contributed by atoms with E-state index in [9.17, 15) is 14.7 Å². The number of ether oxygens (including phenoxy) is 5. The molecule has 0 bridgehead atoms. The van der Waals surface area contributed by atoms with Crippen molar-refractivity contribution in [1.82, 2.24) is 16.1 Å². The Morgan fingerprint density at radius 1 is 1.10 bits per heavy atom. The van der Waals surface area contributed by atoms with E-state index in [1.54, 1.807) is 44.4 Å². The third kappa shape index (κ3) is 7.79. The van der Waals surface area contributed by atoms with Crippen molar-refractivity contribution in [2.45, 2.75) is 46.1 Å². The van der Waals surface area contributed by atoms with Crippen LogP contribution in [0.2, 0.25) is 0 Å². The van der Waals surface area contributed by atoms with E-state index in [-0.39, 0.29) is 18.3 Å². The second-order valence-corrected chi connectivity index (χ2v) is 8.99. The van der Waals surface area contributed by atoms with Crippen molar-refractivity contribution in [3.8, 4) is 23.0 Å². The molecule has 12 nitrogen and oxygen atoms in total. The molecule has 0 saturated carbocycles. The normalized spacial score (nSPS) is 15.8. The van der Waals surface area contributed by atoms with E-state index in [4.69, 9.17) is 23.7 Å². The average molecular weight is 557 g/mol. The first-order chi connectivity index (χ1) is 19.2. The van der Waals surface area contributed by atoms with Crippen LogP contribution in [0.25, 0.3) is 0 Å². The first kappa shape index (κ1) is 30.1. The molecule has 2 aromatic rings. The molecule has 2 aromatic carbocycles. The first-order valence-electron chi connectivity index (χ1n) is 12.7. The smallest absolute Gasteiger partial charge is 0.337 e. The second kappa shape index (κ2) is 14.1. The number of nitrogens with one attached hydrogen (secondary N) is 3. The lowest BCUT2D eigenvalue weighted by Gasteiger charge is -2.28. The van der Waals surface area contributed by atoms with Crippen LogP contribution in [0, 0.1) is 0 Å². The maximum absolute atomic E-state index is 12.4. The fourth-order valence-electron chi connectivity index (χ4n) is 3.94. The standard InChI is InChI=1S/C28H36N4O8/c1-7-38-23-13-19(26-25(27(34)37-6)17(4)30-28(35)31-26)9-11-20(23)39-15-24(33)32-29-14-18-8-10-21(40-16(2)3)22(12-18)36-5/h8-14,16,24,26,32-33H,7,15H2,1-6H3,(H2,30,31,35)/b29-14-/t24-,26-/m1/s1. The number of esters is 1. The van der Waals surface area contributed by atoms with Gasteiger partial charge in [0.1, 0.15) is 6.61 Å². The molecule has 216 valence electrons. The zero-order valence-corrected chi connectivity index (χ0v) is 23.4. The fourth-order valence-corrected chi connectivity index (χ4v) is 3.94. The van der Waals surface area contributed by atoms with Gasteiger partial charge in [0.05, 0.1) is 44.8 Å². The third-order valence-corrected chi connectivity index (χ3v) is 5.66. The number of urea groups is 1. The number of hydrogen-bond acceptors (Lipinski definition) is 10. The minimum atomic E-state index is -1.13. The van der Waals surface area contributed by atoms with Crippen LogP contribution >= 0.6 is 0 Å². The predicted octanol–water partition coefficient (Wildman–Crippen LogP) is 3.00. The van der Waals surface area contributed by atoms with Crippen LogP contribution in [-0.2, 0) is 9.53 Å². The number of nitrogens with zero attached hydrogens (tertiary/aromatic N) is 1. The van der Waals surface area contributed by atoms with Crippen molar-refractivity contribution in [1.29, 1.82) is 0 Å². The van der Waals surface area contributed by atoms with Crippen molar-refractivity contribution in [3.05, 3.63) is 58.8 Å². The molecule has 0 unspecified atom stereocenters. The molecule has 1 heterocycles. The Balaban J connectivity index is 1.67. The minimum absolute atomic E-state index is 0.00784. The molecule has 2 atom stereocenters. The zero-order valence-electron chi connectivity index (χ0n) is 23.4. The van der Waals surface area contributed by atoms with Gasteiger partial charge in [-0.15, -0.1) is 0 Å². The molecule has 1 aliphatic heterocycles. The molecule has 0 aromatic heterocycles. The maximum atomic E-state index is 12.4. The summed E-state index contributed by atoms with van der Waals surface area (Å²) in [5, 5.41) is 19.7. The lowest BCUT2D eigenvalue weighted by molar-refractivity contribution is -0.136. The summed E-state index contributed by atoms with van der Waals surface area (Å²) in [6, 6.07) is 9.20. The van der Waals surface area contributed by atoms with Crippen LogP contribution in [0.4, 0.5) is 4.79 Å². The van der Waals surface area contributed by atoms with Crippen LogP contribution in [-0.4, -0.2) is 63.1 Å². The molecule has 3 rings (SSSR count). The molecule has 2 amide bonds. The lowest BCUT2D eigenvalue weighted by Crippen LogP contribution is -2.45. The van der Waals surface area contributed by atoms with Crippen LogP contribution in [0.5, 0.6) is 23.0 Å². The summed E-state index contributed by atoms with van der Waals surface area (Å²) < 4.78 is 27.5. The molecule has 12 heteroatoms. The van der Waals surface area contributed by atoms with Crippen LogP contribution in [0.3, 0.4) is 0 Å². The summed E-state index contributed by atoms with van der Waals surface area (Å²) in [7, 11) is 2.83. The van der Waals surface area contributed by atoms with E-state index < -0.39 is 24.3 Å². The molecule has 40 heavy (non-hydrogen) atoms. The summed E-state index contributed by atoms with van der Waals surface area (Å²) >= 11 is 0. The van der Waals surface area contributed by atoms with Gasteiger partial charge in [-0.3, -0.25) is 5.43 Å². The number of hydrogen-bond donors (Lipinski definition) is 4. The van der Waals surface area contributed by atoms with Gasteiger partial charge >= 0.3 is 12.0 Å². The first-order valence-corrected chi connectivity index (χ1v) is 12.7. The average Bonchev–Trinajstić information content (AvgIpc) is 2.92. The quantitative estimate of drug-likeness (QED) is 0.126. The van der Waals surface area contributed by atoms with Gasteiger partial charge in [0.2, 0.25) is 0 Å². The van der Waals surface area contributed by atoms with Crippen molar-refractivity contribution < 1.29 is 38.4 Å². The molecule has 0 radical (unpaired) electrons. The third-order valence-electron chi connectivity index (χ3n) is 5.66. The number of methoxy groups -OCH3 is 2. The number of allylic oxidation sites excluding steroid dienone is 1. The largest absolute Gasteiger partial charge is 0.493 e. The number of amides is 2. The summed E-state index contributed by atoms with van der Waals surface area (Å²) in [6.07, 6.45) is 0.414. The van der Waals surface area contributed by atoms with Gasteiger partial charge in [-0.05, 0) is 69.2 Å². The number of benzene rings is 2. The number of aliphatic hydroxyl groups is 1. The van der Waals surface area contributed by atoms with Gasteiger partial charge in [0.15, 0.2) is 29.2 Å². The molecule has 0 spiro atoms. The Labute approximate surface area is 233 Å². The van der Waals surface area contributed by atoms with E-state index in [2.05, 4.69) is 21.2 Å². The number of hydrazone groups is 1. The summed E-state index contributed by atoms with van der Waals surface area (Å²) in [5.74, 6) is 1.37. The minimum Gasteiger partial charge on any atom is -0.493 e. The maximum Gasteiger partial charge on any atom is 0.337 e. The van der Waals surface area contributed by atoms with E-state index in [1.165, 1.54) is 13.3 Å². The molecular formula is C28H36N4O8.